The van der Waals surface area contributed by atoms with E-state index in [-0.39, 0.29) is 30.5 Å². The fourth-order valence-electron chi connectivity index (χ4n) is 5.74. The summed E-state index contributed by atoms with van der Waals surface area (Å²) < 4.78 is 10.8. The van der Waals surface area contributed by atoms with E-state index < -0.39 is 24.7 Å². The van der Waals surface area contributed by atoms with Gasteiger partial charge in [-0.3, -0.25) is 14.6 Å². The maximum Gasteiger partial charge on any atom is 0.475 e. The minimum atomic E-state index is -1.77. The van der Waals surface area contributed by atoms with Crippen molar-refractivity contribution in [2.45, 2.75) is 63.1 Å². The number of rotatable bonds is 10. The van der Waals surface area contributed by atoms with Gasteiger partial charge in [0.15, 0.2) is 0 Å². The Labute approximate surface area is 242 Å². The molecule has 3 fully saturated rings. The van der Waals surface area contributed by atoms with E-state index in [1.54, 1.807) is 11.0 Å². The lowest BCUT2D eigenvalue weighted by molar-refractivity contribution is -0.131. The minimum Gasteiger partial charge on any atom is -0.447 e. The number of hydrogen-bond acceptors (Lipinski definition) is 9. The summed E-state index contributed by atoms with van der Waals surface area (Å²) in [4.78, 5) is 32.5. The topological polar surface area (TPSA) is 139 Å². The van der Waals surface area contributed by atoms with Crippen molar-refractivity contribution >= 4 is 19.1 Å². The molecule has 0 aliphatic carbocycles. The largest absolute Gasteiger partial charge is 0.475 e. The quantitative estimate of drug-likeness (QED) is 0.214. The second kappa shape index (κ2) is 14.3. The summed E-state index contributed by atoms with van der Waals surface area (Å²) in [5.74, 6) is -1.31. The number of hydrogen-bond donors (Lipinski definition) is 3. The average Bonchev–Trinajstić information content (AvgIpc) is 2.94. The van der Waals surface area contributed by atoms with Crippen LogP contribution in [0.3, 0.4) is 0 Å². The van der Waals surface area contributed by atoms with E-state index in [0.29, 0.717) is 19.0 Å². The molecule has 3 saturated heterocycles. The first-order valence-corrected chi connectivity index (χ1v) is 14.5. The average molecular weight is 567 g/mol. The molecule has 1 aromatic carbocycles. The molecular weight excluding hydrogens is 525 g/mol. The van der Waals surface area contributed by atoms with Crippen LogP contribution in [0.5, 0.6) is 0 Å². The van der Waals surface area contributed by atoms with Crippen LogP contribution in [0, 0.1) is 11.3 Å². The minimum absolute atomic E-state index is 0.0495. The van der Waals surface area contributed by atoms with E-state index in [4.69, 9.17) is 9.47 Å². The van der Waals surface area contributed by atoms with Gasteiger partial charge in [-0.1, -0.05) is 30.3 Å². The number of carbonyl (C=O) groups is 2. The van der Waals surface area contributed by atoms with E-state index >= 15 is 0 Å². The van der Waals surface area contributed by atoms with Gasteiger partial charge in [0.2, 0.25) is 0 Å². The number of likely N-dealkylation sites (tertiary alicyclic amines) is 1. The van der Waals surface area contributed by atoms with Gasteiger partial charge in [-0.2, -0.15) is 5.26 Å². The van der Waals surface area contributed by atoms with Crippen molar-refractivity contribution in [1.82, 2.24) is 20.0 Å². The number of piperazine rings is 1. The van der Waals surface area contributed by atoms with Gasteiger partial charge in [0.05, 0.1) is 31.2 Å². The molecule has 3 N–H and O–H groups in total. The molecule has 41 heavy (non-hydrogen) atoms. The van der Waals surface area contributed by atoms with Crippen LogP contribution in [0.2, 0.25) is 0 Å². The summed E-state index contributed by atoms with van der Waals surface area (Å²) in [6.07, 6.45) is 3.52. The Balaban J connectivity index is 1.34. The number of nitrogens with one attached hydrogen (secondary N) is 1. The fourth-order valence-corrected chi connectivity index (χ4v) is 5.74. The molecular formula is C29H42BN5O6. The Bertz CT molecular complexity index is 1100. The number of nitriles is 1. The third-order valence-corrected chi connectivity index (χ3v) is 8.37. The van der Waals surface area contributed by atoms with Crippen LogP contribution < -0.4 is 5.32 Å². The van der Waals surface area contributed by atoms with Crippen LogP contribution in [0.15, 0.2) is 42.0 Å². The Morgan fingerprint density at radius 1 is 1.17 bits per heavy atom. The summed E-state index contributed by atoms with van der Waals surface area (Å²) in [6.45, 7) is 9.60. The van der Waals surface area contributed by atoms with Crippen molar-refractivity contribution in [3.05, 3.63) is 47.5 Å². The van der Waals surface area contributed by atoms with Crippen LogP contribution in [-0.4, -0.2) is 120 Å². The van der Waals surface area contributed by atoms with Crippen LogP contribution in [0.4, 0.5) is 4.79 Å². The third-order valence-electron chi connectivity index (χ3n) is 8.37. The van der Waals surface area contributed by atoms with E-state index in [2.05, 4.69) is 21.2 Å². The molecule has 4 rings (SSSR count). The first kappa shape index (κ1) is 31.0. The van der Waals surface area contributed by atoms with Crippen molar-refractivity contribution in [2.24, 2.45) is 0 Å². The lowest BCUT2D eigenvalue weighted by atomic mass is 9.76. The Kier molecular flexibility index (Phi) is 10.8. The predicted molar refractivity (Wildman–Crippen MR) is 153 cm³/mol. The smallest absolute Gasteiger partial charge is 0.447 e. The first-order chi connectivity index (χ1) is 19.7. The first-order valence-electron chi connectivity index (χ1n) is 14.5. The number of piperidine rings is 1. The van der Waals surface area contributed by atoms with Crippen LogP contribution in [0.25, 0.3) is 0 Å². The Hall–Kier alpha value is -2.95. The summed E-state index contributed by atoms with van der Waals surface area (Å²) in [6, 6.07) is 11.4. The number of benzene rings is 1. The monoisotopic (exact) mass is 567 g/mol. The van der Waals surface area contributed by atoms with Gasteiger partial charge in [0.1, 0.15) is 18.2 Å². The van der Waals surface area contributed by atoms with Crippen LogP contribution in [-0.2, 0) is 20.7 Å². The molecule has 12 heteroatoms. The molecule has 2 amide bonds. The highest BCUT2D eigenvalue weighted by Crippen LogP contribution is 2.25. The summed E-state index contributed by atoms with van der Waals surface area (Å²) in [7, 11) is -1.77. The zero-order valence-electron chi connectivity index (χ0n) is 24.1. The third kappa shape index (κ3) is 8.30. The maximum absolute atomic E-state index is 13.6. The van der Waals surface area contributed by atoms with Crippen molar-refractivity contribution in [3.63, 3.8) is 0 Å². The van der Waals surface area contributed by atoms with Crippen molar-refractivity contribution in [1.29, 1.82) is 5.26 Å². The van der Waals surface area contributed by atoms with Gasteiger partial charge in [-0.05, 0) is 51.2 Å². The summed E-state index contributed by atoms with van der Waals surface area (Å²) in [5.41, 5.74) is 0.444. The van der Waals surface area contributed by atoms with E-state index in [1.807, 2.05) is 44.2 Å². The van der Waals surface area contributed by atoms with E-state index in [1.165, 1.54) is 0 Å². The molecule has 3 aliphatic heterocycles. The number of amides is 2. The van der Waals surface area contributed by atoms with Crippen LogP contribution >= 0.6 is 0 Å². The fraction of sp³-hybridized carbons (Fsp3) is 0.621. The molecule has 222 valence electrons. The number of carbonyl (C=O) groups excluding carboxylic acids is 2. The molecule has 0 radical (unpaired) electrons. The second-order valence-electron chi connectivity index (χ2n) is 11.6. The molecule has 0 spiro atoms. The van der Waals surface area contributed by atoms with Gasteiger partial charge in [0, 0.05) is 38.3 Å². The van der Waals surface area contributed by atoms with Crippen molar-refractivity contribution < 1.29 is 29.1 Å². The molecule has 0 bridgehead atoms. The van der Waals surface area contributed by atoms with E-state index in [0.717, 1.165) is 57.8 Å². The number of ether oxygens (including phenoxy) is 2. The molecule has 2 atom stereocenters. The highest BCUT2D eigenvalue weighted by Gasteiger charge is 2.36. The predicted octanol–water partition coefficient (Wildman–Crippen LogP) is 0.962. The number of nitrogens with zero attached hydrogens (tertiary/aromatic N) is 4. The zero-order chi connectivity index (χ0) is 29.4. The summed E-state index contributed by atoms with van der Waals surface area (Å²) in [5, 5.41) is 32.0. The van der Waals surface area contributed by atoms with Gasteiger partial charge in [-0.15, -0.1) is 0 Å². The Morgan fingerprint density at radius 3 is 2.49 bits per heavy atom. The van der Waals surface area contributed by atoms with Crippen molar-refractivity contribution in [3.8, 4) is 6.07 Å². The number of alkyl carbamates (subject to hydrolysis) is 1. The molecule has 0 saturated carbocycles. The second-order valence-corrected chi connectivity index (χ2v) is 11.6. The standard InChI is InChI=1S/C29H42BN5O6/c1-29(2,34-14-12-33(13-15-34)25-19-40-20-25)17-23(18-31)27(36)35-11-7-6-10-24(35)21-41-28(37)32-26(30(38)39)16-22-8-4-3-5-9-22/h3-5,8-9,17,24-26,38-39H,6-7,10-16,19-21H2,1-2H3,(H,32,37)/t24?,26-/m0/s1. The van der Waals surface area contributed by atoms with Crippen molar-refractivity contribution in [2.75, 3.05) is 52.5 Å². The molecule has 11 nitrogen and oxygen atoms in total. The van der Waals surface area contributed by atoms with Crippen LogP contribution in [0.1, 0.15) is 38.7 Å². The molecule has 1 aromatic rings. The maximum atomic E-state index is 13.6. The molecule has 3 heterocycles. The lowest BCUT2D eigenvalue weighted by Gasteiger charge is -2.46. The zero-order valence-corrected chi connectivity index (χ0v) is 24.1. The van der Waals surface area contributed by atoms with Gasteiger partial charge in [0.25, 0.3) is 5.91 Å². The van der Waals surface area contributed by atoms with E-state index in [9.17, 15) is 24.9 Å². The highest BCUT2D eigenvalue weighted by molar-refractivity contribution is 6.43. The molecule has 1 unspecified atom stereocenters. The normalized spacial score (nSPS) is 21.9. The highest BCUT2D eigenvalue weighted by atomic mass is 16.5. The summed E-state index contributed by atoms with van der Waals surface area (Å²) >= 11 is 0. The van der Waals surface area contributed by atoms with Gasteiger partial charge in [-0.25, -0.2) is 4.79 Å². The molecule has 0 aromatic heterocycles. The Morgan fingerprint density at radius 2 is 1.88 bits per heavy atom. The SMILES string of the molecule is CC(C)(C=C(C#N)C(=O)N1CCCCC1COC(=O)N[C@@H](Cc1ccccc1)B(O)O)N1CCN(C2COC2)CC1. The lowest BCUT2D eigenvalue weighted by Crippen LogP contribution is -2.59. The molecule has 3 aliphatic rings. The van der Waals surface area contributed by atoms with Gasteiger partial charge >= 0.3 is 13.2 Å². The van der Waals surface area contributed by atoms with Gasteiger partial charge < -0.3 is 29.7 Å².